The minimum absolute atomic E-state index is 0.482. The monoisotopic (exact) mass is 217 g/mol. The van der Waals surface area contributed by atoms with Crippen LogP contribution in [-0.4, -0.2) is 20.9 Å². The lowest BCUT2D eigenvalue weighted by Gasteiger charge is -2.03. The molecule has 0 amide bonds. The topological polar surface area (TPSA) is 60.2 Å². The Morgan fingerprint density at radius 2 is 1.77 bits per heavy atom. The molecular formula is C8H11NO2S2. The Morgan fingerprint density at radius 3 is 2.23 bits per heavy atom. The molecule has 2 unspecified atom stereocenters. The zero-order valence-electron chi connectivity index (χ0n) is 7.44. The number of benzene rings is 1. The molecule has 0 saturated carbocycles. The normalized spacial score (nSPS) is 15.2. The van der Waals surface area contributed by atoms with Gasteiger partial charge in [0.1, 0.15) is 0 Å². The highest BCUT2D eigenvalue weighted by Crippen LogP contribution is 2.18. The Balaban J connectivity index is 3.27. The van der Waals surface area contributed by atoms with Crippen LogP contribution < -0.4 is 5.73 Å². The van der Waals surface area contributed by atoms with Gasteiger partial charge in [-0.05, 0) is 18.2 Å². The predicted molar refractivity (Wildman–Crippen MR) is 55.5 cm³/mol. The first-order valence-corrected chi connectivity index (χ1v) is 6.70. The van der Waals surface area contributed by atoms with E-state index in [0.29, 0.717) is 15.5 Å². The third kappa shape index (κ3) is 2.38. The molecule has 0 radical (unpaired) electrons. The van der Waals surface area contributed by atoms with Crippen molar-refractivity contribution in [1.29, 1.82) is 0 Å². The first-order valence-electron chi connectivity index (χ1n) is 3.58. The zero-order chi connectivity index (χ0) is 10.0. The molecule has 1 rings (SSSR count). The van der Waals surface area contributed by atoms with Crippen LogP contribution in [0.2, 0.25) is 0 Å². The van der Waals surface area contributed by atoms with Crippen molar-refractivity contribution in [3.05, 3.63) is 18.2 Å². The maximum absolute atomic E-state index is 11.2. The molecule has 0 fully saturated rings. The summed E-state index contributed by atoms with van der Waals surface area (Å²) >= 11 is 0. The van der Waals surface area contributed by atoms with E-state index in [1.807, 2.05) is 0 Å². The molecule has 0 saturated heterocycles. The molecule has 1 aromatic carbocycles. The summed E-state index contributed by atoms with van der Waals surface area (Å²) in [4.78, 5) is 1.20. The molecule has 5 heteroatoms. The smallest absolute Gasteiger partial charge is 0.0626 e. The largest absolute Gasteiger partial charge is 0.398 e. The first-order chi connectivity index (χ1) is 6.02. The standard InChI is InChI=1S/C8H11NO2S2/c1-12(10)6-3-4-7(9)8(5-6)13(2)11/h3-5H,9H2,1-2H3. The van der Waals surface area contributed by atoms with E-state index >= 15 is 0 Å². The SMILES string of the molecule is CS(=O)c1ccc(N)c(S(C)=O)c1. The highest BCUT2D eigenvalue weighted by atomic mass is 32.2. The molecule has 3 nitrogen and oxygen atoms in total. The Hall–Kier alpha value is -0.680. The van der Waals surface area contributed by atoms with Crippen LogP contribution in [0, 0.1) is 0 Å². The molecule has 72 valence electrons. The summed E-state index contributed by atoms with van der Waals surface area (Å²) in [5.74, 6) is 0. The fourth-order valence-electron chi connectivity index (χ4n) is 0.942. The summed E-state index contributed by atoms with van der Waals surface area (Å²) in [6.07, 6.45) is 3.13. The van der Waals surface area contributed by atoms with Gasteiger partial charge in [0, 0.05) is 33.9 Å². The molecular weight excluding hydrogens is 206 g/mol. The van der Waals surface area contributed by atoms with Gasteiger partial charge in [-0.1, -0.05) is 0 Å². The Kier molecular flexibility index (Phi) is 3.22. The Bertz CT molecular complexity index is 376. The van der Waals surface area contributed by atoms with Crippen LogP contribution in [0.25, 0.3) is 0 Å². The van der Waals surface area contributed by atoms with E-state index in [0.717, 1.165) is 0 Å². The van der Waals surface area contributed by atoms with Crippen LogP contribution >= 0.6 is 0 Å². The second kappa shape index (κ2) is 4.02. The number of rotatable bonds is 2. The predicted octanol–water partition coefficient (Wildman–Crippen LogP) is 0.744. The van der Waals surface area contributed by atoms with Crippen LogP contribution in [0.4, 0.5) is 5.69 Å². The van der Waals surface area contributed by atoms with Crippen LogP contribution in [0.5, 0.6) is 0 Å². The summed E-state index contributed by atoms with van der Waals surface area (Å²) in [6, 6.07) is 4.94. The van der Waals surface area contributed by atoms with Crippen LogP contribution in [0.3, 0.4) is 0 Å². The van der Waals surface area contributed by atoms with Crippen LogP contribution in [0.1, 0.15) is 0 Å². The first kappa shape index (κ1) is 10.4. The molecule has 0 aliphatic carbocycles. The van der Waals surface area contributed by atoms with Crippen molar-refractivity contribution >= 4 is 27.3 Å². The number of hydrogen-bond acceptors (Lipinski definition) is 3. The highest BCUT2D eigenvalue weighted by molar-refractivity contribution is 7.85. The fourth-order valence-corrected chi connectivity index (χ4v) is 2.25. The third-order valence-electron chi connectivity index (χ3n) is 1.63. The molecule has 1 aromatic rings. The number of nitrogen functional groups attached to an aromatic ring is 1. The minimum Gasteiger partial charge on any atom is -0.398 e. The summed E-state index contributed by atoms with van der Waals surface area (Å²) in [7, 11) is -2.18. The van der Waals surface area contributed by atoms with Crippen molar-refractivity contribution in [3.8, 4) is 0 Å². The van der Waals surface area contributed by atoms with Crippen molar-refractivity contribution < 1.29 is 8.42 Å². The molecule has 2 N–H and O–H groups in total. The Morgan fingerprint density at radius 1 is 1.15 bits per heavy atom. The second-order valence-corrected chi connectivity index (χ2v) is 5.34. The van der Waals surface area contributed by atoms with Gasteiger partial charge in [-0.15, -0.1) is 0 Å². The lowest BCUT2D eigenvalue weighted by molar-refractivity contribution is 0.685. The lowest BCUT2D eigenvalue weighted by Crippen LogP contribution is -1.98. The van der Waals surface area contributed by atoms with E-state index in [4.69, 9.17) is 5.73 Å². The number of anilines is 1. The molecule has 0 heterocycles. The van der Waals surface area contributed by atoms with Crippen LogP contribution in [-0.2, 0) is 21.6 Å². The van der Waals surface area contributed by atoms with Gasteiger partial charge in [0.2, 0.25) is 0 Å². The molecule has 2 atom stereocenters. The van der Waals surface area contributed by atoms with E-state index in [9.17, 15) is 8.42 Å². The van der Waals surface area contributed by atoms with Crippen LogP contribution in [0.15, 0.2) is 28.0 Å². The molecule has 13 heavy (non-hydrogen) atoms. The quantitative estimate of drug-likeness (QED) is 0.743. The lowest BCUT2D eigenvalue weighted by atomic mass is 10.3. The second-order valence-electron chi connectivity index (χ2n) is 2.61. The van der Waals surface area contributed by atoms with Gasteiger partial charge < -0.3 is 5.73 Å². The van der Waals surface area contributed by atoms with Gasteiger partial charge in [-0.25, -0.2) is 0 Å². The van der Waals surface area contributed by atoms with E-state index in [2.05, 4.69) is 0 Å². The maximum atomic E-state index is 11.2. The fraction of sp³-hybridized carbons (Fsp3) is 0.250. The minimum atomic E-state index is -1.13. The molecule has 0 bridgehead atoms. The summed E-state index contributed by atoms with van der Waals surface area (Å²) in [5, 5.41) is 0. The van der Waals surface area contributed by atoms with Gasteiger partial charge in [0.25, 0.3) is 0 Å². The van der Waals surface area contributed by atoms with E-state index < -0.39 is 21.6 Å². The van der Waals surface area contributed by atoms with Crippen molar-refractivity contribution in [2.75, 3.05) is 18.2 Å². The van der Waals surface area contributed by atoms with Gasteiger partial charge in [-0.2, -0.15) is 0 Å². The number of hydrogen-bond donors (Lipinski definition) is 1. The maximum Gasteiger partial charge on any atom is 0.0626 e. The average Bonchev–Trinajstić information content (AvgIpc) is 2.04. The van der Waals surface area contributed by atoms with E-state index in [-0.39, 0.29) is 0 Å². The summed E-state index contributed by atoms with van der Waals surface area (Å²) < 4.78 is 22.3. The van der Waals surface area contributed by atoms with Gasteiger partial charge in [-0.3, -0.25) is 8.42 Å². The number of nitrogens with two attached hydrogens (primary N) is 1. The van der Waals surface area contributed by atoms with Gasteiger partial charge in [0.05, 0.1) is 15.7 Å². The van der Waals surface area contributed by atoms with Crippen molar-refractivity contribution in [3.63, 3.8) is 0 Å². The molecule has 0 aliphatic heterocycles. The molecule has 0 aliphatic rings. The molecule has 0 spiro atoms. The van der Waals surface area contributed by atoms with Crippen molar-refractivity contribution in [2.24, 2.45) is 0 Å². The van der Waals surface area contributed by atoms with E-state index in [1.165, 1.54) is 0 Å². The Labute approximate surface area is 82.2 Å². The summed E-state index contributed by atoms with van der Waals surface area (Å²) in [5.41, 5.74) is 6.08. The third-order valence-corrected chi connectivity index (χ3v) is 3.52. The van der Waals surface area contributed by atoms with Crippen molar-refractivity contribution in [1.82, 2.24) is 0 Å². The van der Waals surface area contributed by atoms with E-state index in [1.54, 1.807) is 30.7 Å². The molecule has 0 aromatic heterocycles. The van der Waals surface area contributed by atoms with Gasteiger partial charge >= 0.3 is 0 Å². The average molecular weight is 217 g/mol. The highest BCUT2D eigenvalue weighted by Gasteiger charge is 2.06. The van der Waals surface area contributed by atoms with Crippen molar-refractivity contribution in [2.45, 2.75) is 9.79 Å². The zero-order valence-corrected chi connectivity index (χ0v) is 9.08. The van der Waals surface area contributed by atoms with Gasteiger partial charge in [0.15, 0.2) is 0 Å². The summed E-state index contributed by atoms with van der Waals surface area (Å²) in [6.45, 7) is 0.